The number of nitrogens with zero attached hydrogens (tertiary/aromatic N) is 2. The van der Waals surface area contributed by atoms with Crippen molar-refractivity contribution in [3.05, 3.63) is 29.6 Å². The van der Waals surface area contributed by atoms with Gasteiger partial charge in [-0.25, -0.2) is 0 Å². The van der Waals surface area contributed by atoms with E-state index in [4.69, 9.17) is 10.9 Å². The second kappa shape index (κ2) is 7.61. The average molecular weight is 292 g/mol. The molecule has 1 heterocycles. The quantitative estimate of drug-likeness (QED) is 0.309. The Bertz CT molecular complexity index is 510. The molecule has 0 aliphatic heterocycles. The van der Waals surface area contributed by atoms with Crippen LogP contribution in [0.25, 0.3) is 0 Å². The van der Waals surface area contributed by atoms with Gasteiger partial charge in [0, 0.05) is 6.20 Å². The van der Waals surface area contributed by atoms with Crippen molar-refractivity contribution in [2.45, 2.75) is 46.6 Å². The van der Waals surface area contributed by atoms with Gasteiger partial charge in [-0.05, 0) is 30.9 Å². The van der Waals surface area contributed by atoms with E-state index in [2.05, 4.69) is 15.5 Å². The molecular weight excluding hydrogens is 268 g/mol. The number of amidine groups is 1. The molecule has 1 aromatic rings. The zero-order valence-electron chi connectivity index (χ0n) is 12.9. The predicted molar refractivity (Wildman–Crippen MR) is 81.9 cm³/mol. The van der Waals surface area contributed by atoms with Crippen molar-refractivity contribution in [3.8, 4) is 0 Å². The Morgan fingerprint density at radius 2 is 2.10 bits per heavy atom. The van der Waals surface area contributed by atoms with Gasteiger partial charge in [0.05, 0.1) is 12.2 Å². The highest BCUT2D eigenvalue weighted by molar-refractivity contribution is 6.06. The van der Waals surface area contributed by atoms with Crippen molar-refractivity contribution in [1.82, 2.24) is 10.3 Å². The fraction of sp³-hybridized carbons (Fsp3) is 0.533. The molecule has 1 aromatic heterocycles. The van der Waals surface area contributed by atoms with Crippen molar-refractivity contribution in [2.75, 3.05) is 0 Å². The van der Waals surface area contributed by atoms with Crippen molar-refractivity contribution in [1.29, 1.82) is 0 Å². The number of aromatic nitrogens is 1. The average Bonchev–Trinajstić information content (AvgIpc) is 2.54. The SMILES string of the molecule is CCc1cccnc1CNC(=O)C(CC)(CC)/C(N)=N/O. The number of pyridine rings is 1. The van der Waals surface area contributed by atoms with E-state index >= 15 is 0 Å². The fourth-order valence-corrected chi connectivity index (χ4v) is 2.43. The predicted octanol–water partition coefficient (Wildman–Crippen LogP) is 1.81. The monoisotopic (exact) mass is 292 g/mol. The fourth-order valence-electron chi connectivity index (χ4n) is 2.43. The minimum atomic E-state index is -0.976. The third-order valence-corrected chi connectivity index (χ3v) is 4.02. The van der Waals surface area contributed by atoms with Crippen LogP contribution in [0, 0.1) is 5.41 Å². The van der Waals surface area contributed by atoms with Crippen LogP contribution in [0.4, 0.5) is 0 Å². The summed E-state index contributed by atoms with van der Waals surface area (Å²) in [6.07, 6.45) is 3.49. The molecule has 0 fully saturated rings. The summed E-state index contributed by atoms with van der Waals surface area (Å²) in [5.41, 5.74) is 6.69. The molecular formula is C15H24N4O2. The van der Waals surface area contributed by atoms with Gasteiger partial charge in [0.25, 0.3) is 0 Å². The van der Waals surface area contributed by atoms with Crippen molar-refractivity contribution < 1.29 is 10.0 Å². The highest BCUT2D eigenvalue weighted by atomic mass is 16.4. The Morgan fingerprint density at radius 3 is 2.62 bits per heavy atom. The first-order valence-electron chi connectivity index (χ1n) is 7.24. The van der Waals surface area contributed by atoms with Crippen LogP contribution >= 0.6 is 0 Å². The van der Waals surface area contributed by atoms with Crippen molar-refractivity contribution >= 4 is 11.7 Å². The number of nitrogens with one attached hydrogen (secondary N) is 1. The van der Waals surface area contributed by atoms with Gasteiger partial charge in [-0.1, -0.05) is 32.0 Å². The number of amides is 1. The maximum absolute atomic E-state index is 12.5. The Labute approximate surface area is 125 Å². The largest absolute Gasteiger partial charge is 0.409 e. The molecule has 0 saturated carbocycles. The molecule has 0 aliphatic rings. The molecule has 0 spiro atoms. The number of oxime groups is 1. The van der Waals surface area contributed by atoms with Gasteiger partial charge in [-0.15, -0.1) is 0 Å². The first kappa shape index (κ1) is 16.9. The molecule has 0 aromatic carbocycles. The maximum atomic E-state index is 12.5. The summed E-state index contributed by atoms with van der Waals surface area (Å²) < 4.78 is 0. The second-order valence-electron chi connectivity index (χ2n) is 4.92. The normalized spacial score (nSPS) is 12.2. The van der Waals surface area contributed by atoms with Crippen LogP contribution in [0.15, 0.2) is 23.5 Å². The van der Waals surface area contributed by atoms with Crippen LogP contribution in [0.5, 0.6) is 0 Å². The summed E-state index contributed by atoms with van der Waals surface area (Å²) in [5, 5.41) is 14.8. The zero-order chi connectivity index (χ0) is 15.9. The number of hydrogen-bond acceptors (Lipinski definition) is 4. The molecule has 0 bridgehead atoms. The van der Waals surface area contributed by atoms with Crippen molar-refractivity contribution in [3.63, 3.8) is 0 Å². The highest BCUT2D eigenvalue weighted by Crippen LogP contribution is 2.27. The topological polar surface area (TPSA) is 101 Å². The van der Waals surface area contributed by atoms with Crippen LogP contribution in [0.3, 0.4) is 0 Å². The third-order valence-electron chi connectivity index (χ3n) is 4.02. The molecule has 6 nitrogen and oxygen atoms in total. The number of nitrogens with two attached hydrogens (primary N) is 1. The van der Waals surface area contributed by atoms with Crippen LogP contribution < -0.4 is 11.1 Å². The molecule has 0 unspecified atom stereocenters. The van der Waals surface area contributed by atoms with Crippen LogP contribution in [0.1, 0.15) is 44.9 Å². The van der Waals surface area contributed by atoms with E-state index in [1.54, 1.807) is 6.20 Å². The molecule has 0 radical (unpaired) electrons. The molecule has 1 rings (SSSR count). The van der Waals surface area contributed by atoms with Crippen LogP contribution in [-0.2, 0) is 17.8 Å². The van der Waals surface area contributed by atoms with E-state index in [-0.39, 0.29) is 11.7 Å². The minimum absolute atomic E-state index is 0.0539. The highest BCUT2D eigenvalue weighted by Gasteiger charge is 2.39. The molecule has 4 N–H and O–H groups in total. The van der Waals surface area contributed by atoms with Crippen molar-refractivity contribution in [2.24, 2.45) is 16.3 Å². The van der Waals surface area contributed by atoms with E-state index in [9.17, 15) is 4.79 Å². The van der Waals surface area contributed by atoms with Gasteiger partial charge in [-0.3, -0.25) is 9.78 Å². The minimum Gasteiger partial charge on any atom is -0.409 e. The number of rotatable bonds is 7. The van der Waals surface area contributed by atoms with Gasteiger partial charge in [0.1, 0.15) is 5.41 Å². The van der Waals surface area contributed by atoms with Crippen LogP contribution in [-0.4, -0.2) is 21.9 Å². The summed E-state index contributed by atoms with van der Waals surface area (Å²) in [6.45, 7) is 6.07. The zero-order valence-corrected chi connectivity index (χ0v) is 12.9. The molecule has 0 aliphatic carbocycles. The maximum Gasteiger partial charge on any atom is 0.234 e. The smallest absolute Gasteiger partial charge is 0.234 e. The van der Waals surface area contributed by atoms with Gasteiger partial charge in [0.15, 0.2) is 5.84 Å². The van der Waals surface area contributed by atoms with Gasteiger partial charge in [0.2, 0.25) is 5.91 Å². The van der Waals surface area contributed by atoms with E-state index in [1.165, 1.54) is 0 Å². The molecule has 21 heavy (non-hydrogen) atoms. The number of carbonyl (C=O) groups excluding carboxylic acids is 1. The van der Waals surface area contributed by atoms with E-state index in [0.717, 1.165) is 17.7 Å². The summed E-state index contributed by atoms with van der Waals surface area (Å²) in [5.74, 6) is -0.294. The van der Waals surface area contributed by atoms with E-state index in [0.29, 0.717) is 19.4 Å². The number of carbonyl (C=O) groups is 1. The summed E-state index contributed by atoms with van der Waals surface area (Å²) in [7, 11) is 0. The first-order valence-corrected chi connectivity index (χ1v) is 7.24. The lowest BCUT2D eigenvalue weighted by Crippen LogP contribution is -2.49. The lowest BCUT2D eigenvalue weighted by molar-refractivity contribution is -0.128. The van der Waals surface area contributed by atoms with E-state index in [1.807, 2.05) is 32.9 Å². The summed E-state index contributed by atoms with van der Waals surface area (Å²) in [6, 6.07) is 3.87. The lowest BCUT2D eigenvalue weighted by atomic mass is 9.80. The third kappa shape index (κ3) is 3.51. The Morgan fingerprint density at radius 1 is 1.43 bits per heavy atom. The van der Waals surface area contributed by atoms with Gasteiger partial charge in [-0.2, -0.15) is 0 Å². The second-order valence-corrected chi connectivity index (χ2v) is 4.92. The Kier molecular flexibility index (Phi) is 6.14. The molecule has 0 atom stereocenters. The Hall–Kier alpha value is -2.11. The molecule has 0 saturated heterocycles. The van der Waals surface area contributed by atoms with Gasteiger partial charge >= 0.3 is 0 Å². The number of aryl methyl sites for hydroxylation is 1. The van der Waals surface area contributed by atoms with Gasteiger partial charge < -0.3 is 16.3 Å². The molecule has 116 valence electrons. The number of hydrogen-bond donors (Lipinski definition) is 3. The Balaban J connectivity index is 2.89. The summed E-state index contributed by atoms with van der Waals surface area (Å²) >= 11 is 0. The van der Waals surface area contributed by atoms with E-state index < -0.39 is 5.41 Å². The molecule has 1 amide bonds. The first-order chi connectivity index (χ1) is 10.1. The standard InChI is InChI=1S/C15H24N4O2/c1-4-11-8-7-9-17-12(11)10-18-14(20)15(5-2,6-3)13(16)19-21/h7-9,21H,4-6,10H2,1-3H3,(H2,16,19)(H,18,20). The molecule has 6 heteroatoms. The lowest BCUT2D eigenvalue weighted by Gasteiger charge is -2.28. The van der Waals surface area contributed by atoms with Crippen LogP contribution in [0.2, 0.25) is 0 Å². The summed E-state index contributed by atoms with van der Waals surface area (Å²) in [4.78, 5) is 16.8.